The van der Waals surface area contributed by atoms with Crippen LogP contribution in [-0.4, -0.2) is 29.2 Å². The van der Waals surface area contributed by atoms with Gasteiger partial charge in [-0.3, -0.25) is 20.2 Å². The van der Waals surface area contributed by atoms with E-state index >= 15 is 0 Å². The monoisotopic (exact) mass is 391 g/mol. The van der Waals surface area contributed by atoms with E-state index in [1.807, 2.05) is 0 Å². The van der Waals surface area contributed by atoms with Gasteiger partial charge in [0.25, 0.3) is 11.6 Å². The molecule has 0 saturated carbocycles. The van der Waals surface area contributed by atoms with Crippen molar-refractivity contribution in [1.82, 2.24) is 4.98 Å². The Balaban J connectivity index is 1.91. The standard InChI is InChI=1S/C16H13N3O5S2/c1-23-13-7-11(19(21)22)9(6-14(13)25-2)15(20)18-16-17-10(8-26-16)12-4-3-5-24-12/h3-8H,1-2H3,(H,17,18,20). The molecule has 0 atom stereocenters. The van der Waals surface area contributed by atoms with E-state index in [0.717, 1.165) is 0 Å². The molecule has 1 amide bonds. The summed E-state index contributed by atoms with van der Waals surface area (Å²) in [6.45, 7) is 0. The van der Waals surface area contributed by atoms with Crippen LogP contribution in [0.3, 0.4) is 0 Å². The van der Waals surface area contributed by atoms with Crippen molar-refractivity contribution in [2.24, 2.45) is 0 Å². The molecule has 0 aliphatic heterocycles. The number of ether oxygens (including phenoxy) is 1. The molecule has 0 saturated heterocycles. The second kappa shape index (κ2) is 7.58. The number of anilines is 1. The maximum Gasteiger partial charge on any atom is 0.285 e. The predicted octanol–water partition coefficient (Wildman–Crippen LogP) is 4.29. The predicted molar refractivity (Wildman–Crippen MR) is 99.2 cm³/mol. The van der Waals surface area contributed by atoms with Gasteiger partial charge in [-0.05, 0) is 24.5 Å². The van der Waals surface area contributed by atoms with Gasteiger partial charge in [0.05, 0.1) is 29.3 Å². The Morgan fingerprint density at radius 1 is 1.46 bits per heavy atom. The van der Waals surface area contributed by atoms with E-state index in [4.69, 9.17) is 9.15 Å². The first kappa shape index (κ1) is 18.0. The minimum absolute atomic E-state index is 0.0603. The zero-order valence-electron chi connectivity index (χ0n) is 13.7. The molecule has 1 N–H and O–H groups in total. The first-order valence-corrected chi connectivity index (χ1v) is 9.35. The molecular formula is C16H13N3O5S2. The highest BCUT2D eigenvalue weighted by Crippen LogP contribution is 2.35. The van der Waals surface area contributed by atoms with Gasteiger partial charge in [-0.1, -0.05) is 0 Å². The number of aromatic nitrogens is 1. The summed E-state index contributed by atoms with van der Waals surface area (Å²) in [4.78, 5) is 28.2. The van der Waals surface area contributed by atoms with Crippen LogP contribution < -0.4 is 10.1 Å². The van der Waals surface area contributed by atoms with Gasteiger partial charge in [0.15, 0.2) is 10.9 Å². The van der Waals surface area contributed by atoms with Crippen LogP contribution in [0.4, 0.5) is 10.8 Å². The lowest BCUT2D eigenvalue weighted by Crippen LogP contribution is -2.14. The number of carbonyl (C=O) groups excluding carboxylic acids is 1. The number of nitrogens with zero attached hydrogens (tertiary/aromatic N) is 2. The molecule has 3 rings (SSSR count). The number of thiazole rings is 1. The number of amides is 1. The summed E-state index contributed by atoms with van der Waals surface area (Å²) in [5, 5.41) is 16.0. The maximum atomic E-state index is 12.6. The summed E-state index contributed by atoms with van der Waals surface area (Å²) in [5.74, 6) is 0.298. The summed E-state index contributed by atoms with van der Waals surface area (Å²) in [6.07, 6.45) is 3.32. The molecule has 2 heterocycles. The first-order valence-electron chi connectivity index (χ1n) is 7.24. The fourth-order valence-electron chi connectivity index (χ4n) is 2.23. The van der Waals surface area contributed by atoms with E-state index < -0.39 is 10.8 Å². The van der Waals surface area contributed by atoms with Crippen molar-refractivity contribution in [3.05, 3.63) is 51.6 Å². The third-order valence-electron chi connectivity index (χ3n) is 3.44. The number of hydrogen-bond donors (Lipinski definition) is 1. The van der Waals surface area contributed by atoms with Gasteiger partial charge in [0, 0.05) is 5.38 Å². The molecule has 0 radical (unpaired) electrons. The molecule has 8 nitrogen and oxygen atoms in total. The molecule has 0 aliphatic carbocycles. The number of nitro benzene ring substituents is 1. The molecule has 0 spiro atoms. The molecule has 134 valence electrons. The third kappa shape index (κ3) is 3.55. The van der Waals surface area contributed by atoms with Crippen LogP contribution in [0.5, 0.6) is 5.75 Å². The lowest BCUT2D eigenvalue weighted by molar-refractivity contribution is -0.385. The fraction of sp³-hybridized carbons (Fsp3) is 0.125. The van der Waals surface area contributed by atoms with Crippen molar-refractivity contribution in [3.8, 4) is 17.2 Å². The summed E-state index contributed by atoms with van der Waals surface area (Å²) in [5.41, 5.74) is 0.180. The normalized spacial score (nSPS) is 10.5. The van der Waals surface area contributed by atoms with E-state index in [1.54, 1.807) is 23.8 Å². The van der Waals surface area contributed by atoms with Crippen LogP contribution >= 0.6 is 23.1 Å². The number of furan rings is 1. The molecule has 2 aromatic heterocycles. The Morgan fingerprint density at radius 2 is 2.27 bits per heavy atom. The Bertz CT molecular complexity index is 953. The van der Waals surface area contributed by atoms with Gasteiger partial charge in [-0.2, -0.15) is 0 Å². The fourth-order valence-corrected chi connectivity index (χ4v) is 3.51. The SMILES string of the molecule is COc1cc([N+](=O)[O-])c(C(=O)Nc2nc(-c3ccco3)cs2)cc1SC. The quantitative estimate of drug-likeness (QED) is 0.379. The highest BCUT2D eigenvalue weighted by molar-refractivity contribution is 7.98. The van der Waals surface area contributed by atoms with Crippen LogP contribution in [0.2, 0.25) is 0 Å². The van der Waals surface area contributed by atoms with Crippen LogP contribution in [0.25, 0.3) is 11.5 Å². The smallest absolute Gasteiger partial charge is 0.285 e. The summed E-state index contributed by atoms with van der Waals surface area (Å²) in [7, 11) is 1.42. The van der Waals surface area contributed by atoms with E-state index in [1.165, 1.54) is 48.6 Å². The van der Waals surface area contributed by atoms with Crippen molar-refractivity contribution in [2.75, 3.05) is 18.7 Å². The summed E-state index contributed by atoms with van der Waals surface area (Å²) < 4.78 is 10.4. The number of nitro groups is 1. The molecule has 0 unspecified atom stereocenters. The Hall–Kier alpha value is -2.85. The number of hydrogen-bond acceptors (Lipinski definition) is 8. The second-order valence-electron chi connectivity index (χ2n) is 4.95. The minimum atomic E-state index is -0.616. The molecule has 0 aliphatic rings. The number of benzene rings is 1. The first-order chi connectivity index (χ1) is 12.5. The third-order valence-corrected chi connectivity index (χ3v) is 4.96. The van der Waals surface area contributed by atoms with E-state index in [-0.39, 0.29) is 11.3 Å². The van der Waals surface area contributed by atoms with Gasteiger partial charge < -0.3 is 9.15 Å². The van der Waals surface area contributed by atoms with Crippen LogP contribution in [0.15, 0.2) is 45.2 Å². The minimum Gasteiger partial charge on any atom is -0.495 e. The average molecular weight is 391 g/mol. The van der Waals surface area contributed by atoms with Crippen LogP contribution in [0, 0.1) is 10.1 Å². The number of thioether (sulfide) groups is 1. The van der Waals surface area contributed by atoms with Crippen molar-refractivity contribution in [3.63, 3.8) is 0 Å². The molecular weight excluding hydrogens is 378 g/mol. The Kier molecular flexibility index (Phi) is 5.24. The zero-order valence-corrected chi connectivity index (χ0v) is 15.3. The summed E-state index contributed by atoms with van der Waals surface area (Å²) in [6, 6.07) is 6.17. The topological polar surface area (TPSA) is 108 Å². The largest absolute Gasteiger partial charge is 0.495 e. The average Bonchev–Trinajstić information content (AvgIpc) is 3.31. The van der Waals surface area contributed by atoms with Crippen LogP contribution in [0.1, 0.15) is 10.4 Å². The zero-order chi connectivity index (χ0) is 18.7. The van der Waals surface area contributed by atoms with Gasteiger partial charge in [-0.25, -0.2) is 4.98 Å². The van der Waals surface area contributed by atoms with Crippen molar-refractivity contribution in [1.29, 1.82) is 0 Å². The lowest BCUT2D eigenvalue weighted by Gasteiger charge is -2.09. The molecule has 3 aromatic rings. The van der Waals surface area contributed by atoms with E-state index in [9.17, 15) is 14.9 Å². The summed E-state index contributed by atoms with van der Waals surface area (Å²) >= 11 is 2.53. The second-order valence-corrected chi connectivity index (χ2v) is 6.66. The number of nitrogens with one attached hydrogen (secondary N) is 1. The van der Waals surface area contributed by atoms with Gasteiger partial charge in [0.2, 0.25) is 0 Å². The van der Waals surface area contributed by atoms with Crippen molar-refractivity contribution < 1.29 is 18.9 Å². The molecule has 10 heteroatoms. The maximum absolute atomic E-state index is 12.6. The van der Waals surface area contributed by atoms with E-state index in [2.05, 4.69) is 10.3 Å². The van der Waals surface area contributed by atoms with Crippen molar-refractivity contribution >= 4 is 39.8 Å². The Labute approximate surface area is 156 Å². The highest BCUT2D eigenvalue weighted by atomic mass is 32.2. The lowest BCUT2D eigenvalue weighted by atomic mass is 10.1. The molecule has 26 heavy (non-hydrogen) atoms. The van der Waals surface area contributed by atoms with Gasteiger partial charge >= 0.3 is 0 Å². The van der Waals surface area contributed by atoms with Crippen molar-refractivity contribution in [2.45, 2.75) is 4.90 Å². The molecule has 0 bridgehead atoms. The highest BCUT2D eigenvalue weighted by Gasteiger charge is 2.24. The van der Waals surface area contributed by atoms with Crippen LogP contribution in [-0.2, 0) is 0 Å². The molecule has 0 fully saturated rings. The van der Waals surface area contributed by atoms with Gasteiger partial charge in [-0.15, -0.1) is 23.1 Å². The number of rotatable bonds is 6. The van der Waals surface area contributed by atoms with Gasteiger partial charge in [0.1, 0.15) is 17.0 Å². The molecule has 1 aromatic carbocycles. The number of carbonyl (C=O) groups is 1. The van der Waals surface area contributed by atoms with E-state index in [0.29, 0.717) is 27.2 Å². The number of methoxy groups -OCH3 is 1. The Morgan fingerprint density at radius 3 is 2.88 bits per heavy atom.